The van der Waals surface area contributed by atoms with Crippen molar-refractivity contribution in [3.63, 3.8) is 0 Å². The number of aromatic nitrogens is 2. The highest BCUT2D eigenvalue weighted by molar-refractivity contribution is 6.33. The molecule has 1 heterocycles. The first-order valence-electron chi connectivity index (χ1n) is 4.24. The number of aryl methyl sites for hydroxylation is 1. The average molecular weight is 208 g/mol. The SMILES string of the molecule is Cc1nccn1-c1cccc(Cl)c1N. The van der Waals surface area contributed by atoms with E-state index in [4.69, 9.17) is 17.3 Å². The lowest BCUT2D eigenvalue weighted by atomic mass is 10.2. The number of hydrogen-bond donors (Lipinski definition) is 1. The summed E-state index contributed by atoms with van der Waals surface area (Å²) in [6.45, 7) is 1.92. The van der Waals surface area contributed by atoms with Crippen LogP contribution >= 0.6 is 11.6 Å². The molecule has 1 aromatic carbocycles. The van der Waals surface area contributed by atoms with E-state index in [2.05, 4.69) is 4.98 Å². The molecule has 1 aromatic heterocycles. The Hall–Kier alpha value is -1.48. The summed E-state index contributed by atoms with van der Waals surface area (Å²) in [5, 5.41) is 0.565. The molecule has 3 nitrogen and oxygen atoms in total. The van der Waals surface area contributed by atoms with Gasteiger partial charge in [-0.1, -0.05) is 17.7 Å². The molecular formula is C10H10ClN3. The smallest absolute Gasteiger partial charge is 0.110 e. The van der Waals surface area contributed by atoms with Crippen LogP contribution in [0.4, 0.5) is 5.69 Å². The van der Waals surface area contributed by atoms with Crippen molar-refractivity contribution in [2.45, 2.75) is 6.92 Å². The highest BCUT2D eigenvalue weighted by Gasteiger charge is 2.06. The quantitative estimate of drug-likeness (QED) is 0.730. The van der Waals surface area contributed by atoms with Crippen LogP contribution in [-0.2, 0) is 0 Å². The average Bonchev–Trinajstić information content (AvgIpc) is 2.57. The summed E-state index contributed by atoms with van der Waals surface area (Å²) in [5.74, 6) is 0.888. The third-order valence-corrected chi connectivity index (χ3v) is 2.44. The van der Waals surface area contributed by atoms with Gasteiger partial charge in [0.25, 0.3) is 0 Å². The van der Waals surface area contributed by atoms with Gasteiger partial charge < -0.3 is 10.3 Å². The topological polar surface area (TPSA) is 43.8 Å². The van der Waals surface area contributed by atoms with Crippen molar-refractivity contribution in [2.24, 2.45) is 0 Å². The highest BCUT2D eigenvalue weighted by Crippen LogP contribution is 2.26. The number of halogens is 1. The molecule has 0 spiro atoms. The highest BCUT2D eigenvalue weighted by atomic mass is 35.5. The zero-order valence-corrected chi connectivity index (χ0v) is 8.49. The minimum absolute atomic E-state index is 0.565. The molecule has 0 atom stereocenters. The number of anilines is 1. The van der Waals surface area contributed by atoms with Crippen LogP contribution in [0.1, 0.15) is 5.82 Å². The lowest BCUT2D eigenvalue weighted by Gasteiger charge is -2.09. The maximum Gasteiger partial charge on any atom is 0.110 e. The molecule has 2 rings (SSSR count). The molecule has 14 heavy (non-hydrogen) atoms. The normalized spacial score (nSPS) is 10.4. The van der Waals surface area contributed by atoms with Crippen molar-refractivity contribution in [3.05, 3.63) is 41.4 Å². The van der Waals surface area contributed by atoms with Gasteiger partial charge in [0.1, 0.15) is 5.82 Å². The second-order valence-corrected chi connectivity index (χ2v) is 3.42. The minimum Gasteiger partial charge on any atom is -0.396 e. The van der Waals surface area contributed by atoms with E-state index >= 15 is 0 Å². The van der Waals surface area contributed by atoms with Crippen molar-refractivity contribution in [1.82, 2.24) is 9.55 Å². The number of benzene rings is 1. The molecule has 2 aromatic rings. The van der Waals surface area contributed by atoms with Crippen LogP contribution in [-0.4, -0.2) is 9.55 Å². The molecule has 0 saturated carbocycles. The number of hydrogen-bond acceptors (Lipinski definition) is 2. The predicted molar refractivity (Wildman–Crippen MR) is 57.7 cm³/mol. The number of nitrogen functional groups attached to an aromatic ring is 1. The van der Waals surface area contributed by atoms with E-state index in [1.54, 1.807) is 12.3 Å². The van der Waals surface area contributed by atoms with E-state index in [0.29, 0.717) is 10.7 Å². The van der Waals surface area contributed by atoms with E-state index in [-0.39, 0.29) is 0 Å². The second-order valence-electron chi connectivity index (χ2n) is 3.02. The van der Waals surface area contributed by atoms with Crippen LogP contribution < -0.4 is 5.73 Å². The molecule has 0 aliphatic carbocycles. The van der Waals surface area contributed by atoms with Gasteiger partial charge in [-0.15, -0.1) is 0 Å². The first-order valence-corrected chi connectivity index (χ1v) is 4.62. The zero-order chi connectivity index (χ0) is 10.1. The van der Waals surface area contributed by atoms with E-state index in [9.17, 15) is 0 Å². The van der Waals surface area contributed by atoms with Gasteiger partial charge in [-0.25, -0.2) is 4.98 Å². The fraction of sp³-hybridized carbons (Fsp3) is 0.100. The fourth-order valence-corrected chi connectivity index (χ4v) is 1.54. The van der Waals surface area contributed by atoms with Gasteiger partial charge >= 0.3 is 0 Å². The van der Waals surface area contributed by atoms with Crippen LogP contribution in [0.25, 0.3) is 5.69 Å². The monoisotopic (exact) mass is 207 g/mol. The second kappa shape index (κ2) is 3.35. The molecule has 2 N–H and O–H groups in total. The van der Waals surface area contributed by atoms with Crippen LogP contribution in [0, 0.1) is 6.92 Å². The zero-order valence-electron chi connectivity index (χ0n) is 7.74. The molecule has 0 aliphatic rings. The molecule has 4 heteroatoms. The van der Waals surface area contributed by atoms with Crippen LogP contribution in [0.3, 0.4) is 0 Å². The molecule has 0 radical (unpaired) electrons. The van der Waals surface area contributed by atoms with Gasteiger partial charge in [0, 0.05) is 12.4 Å². The van der Waals surface area contributed by atoms with E-state index < -0.39 is 0 Å². The van der Waals surface area contributed by atoms with Crippen molar-refractivity contribution in [2.75, 3.05) is 5.73 Å². The van der Waals surface area contributed by atoms with Crippen LogP contribution in [0.5, 0.6) is 0 Å². The minimum atomic E-state index is 0.565. The first kappa shape index (κ1) is 9.09. The lowest BCUT2D eigenvalue weighted by molar-refractivity contribution is 0.977. The van der Waals surface area contributed by atoms with E-state index in [1.807, 2.05) is 29.8 Å². The van der Waals surface area contributed by atoms with Gasteiger partial charge in [-0.2, -0.15) is 0 Å². The standard InChI is InChI=1S/C10H10ClN3/c1-7-13-5-6-14(7)9-4-2-3-8(11)10(9)12/h2-6H,12H2,1H3. The van der Waals surface area contributed by atoms with Crippen molar-refractivity contribution in [3.8, 4) is 5.69 Å². The maximum absolute atomic E-state index is 5.92. The Morgan fingerprint density at radius 2 is 2.21 bits per heavy atom. The molecule has 0 fully saturated rings. The van der Waals surface area contributed by atoms with Crippen molar-refractivity contribution < 1.29 is 0 Å². The Morgan fingerprint density at radius 1 is 1.43 bits per heavy atom. The number of imidazole rings is 1. The lowest BCUT2D eigenvalue weighted by Crippen LogP contribution is -2.00. The predicted octanol–water partition coefficient (Wildman–Crippen LogP) is 2.42. The van der Waals surface area contributed by atoms with Crippen molar-refractivity contribution in [1.29, 1.82) is 0 Å². The van der Waals surface area contributed by atoms with Gasteiger partial charge in [-0.3, -0.25) is 0 Å². The Bertz CT molecular complexity index is 462. The summed E-state index contributed by atoms with van der Waals surface area (Å²) < 4.78 is 1.90. The Balaban J connectivity index is 2.63. The number of rotatable bonds is 1. The number of nitrogens with two attached hydrogens (primary N) is 1. The summed E-state index contributed by atoms with van der Waals surface area (Å²) in [7, 11) is 0. The van der Waals surface area contributed by atoms with Gasteiger partial charge in [0.2, 0.25) is 0 Å². The van der Waals surface area contributed by atoms with E-state index in [1.165, 1.54) is 0 Å². The van der Waals surface area contributed by atoms with Crippen molar-refractivity contribution >= 4 is 17.3 Å². The molecule has 0 bridgehead atoms. The summed E-state index contributed by atoms with van der Waals surface area (Å²) in [6, 6.07) is 5.55. The molecule has 0 unspecified atom stereocenters. The van der Waals surface area contributed by atoms with E-state index in [0.717, 1.165) is 11.5 Å². The molecule has 0 saturated heterocycles. The molecule has 72 valence electrons. The number of para-hydroxylation sites is 1. The first-order chi connectivity index (χ1) is 6.70. The van der Waals surface area contributed by atoms with Gasteiger partial charge in [0.15, 0.2) is 0 Å². The van der Waals surface area contributed by atoms with Crippen LogP contribution in [0.15, 0.2) is 30.6 Å². The third kappa shape index (κ3) is 1.36. The third-order valence-electron chi connectivity index (χ3n) is 2.12. The van der Waals surface area contributed by atoms with Gasteiger partial charge in [0.05, 0.1) is 16.4 Å². The number of nitrogens with zero attached hydrogens (tertiary/aromatic N) is 2. The summed E-state index contributed by atoms with van der Waals surface area (Å²) in [6.07, 6.45) is 3.59. The summed E-state index contributed by atoms with van der Waals surface area (Å²) in [4.78, 5) is 4.13. The summed E-state index contributed by atoms with van der Waals surface area (Å²) >= 11 is 5.92. The summed E-state index contributed by atoms with van der Waals surface area (Å²) in [5.41, 5.74) is 7.31. The maximum atomic E-state index is 5.92. The molecule has 0 amide bonds. The largest absolute Gasteiger partial charge is 0.396 e. The Labute approximate surface area is 87.1 Å². The van der Waals surface area contributed by atoms with Crippen LogP contribution in [0.2, 0.25) is 5.02 Å². The molecular weight excluding hydrogens is 198 g/mol. The Morgan fingerprint density at radius 3 is 2.86 bits per heavy atom. The Kier molecular flexibility index (Phi) is 2.17. The van der Waals surface area contributed by atoms with Gasteiger partial charge in [-0.05, 0) is 19.1 Å². The fourth-order valence-electron chi connectivity index (χ4n) is 1.37. The molecule has 0 aliphatic heterocycles.